The van der Waals surface area contributed by atoms with Crippen molar-refractivity contribution in [2.24, 2.45) is 5.84 Å². The van der Waals surface area contributed by atoms with E-state index in [0.29, 0.717) is 0 Å². The van der Waals surface area contributed by atoms with Gasteiger partial charge in [-0.3, -0.25) is 5.84 Å². The Morgan fingerprint density at radius 3 is 1.90 bits per heavy atom. The molecule has 0 aromatic heterocycles. The summed E-state index contributed by atoms with van der Waals surface area (Å²) in [4.78, 5) is 0. The van der Waals surface area contributed by atoms with Crippen LogP contribution < -0.4 is 11.3 Å². The fraction of sp³-hybridized carbons (Fsp3) is 0.222. The van der Waals surface area contributed by atoms with E-state index in [4.69, 9.17) is 10.6 Å². The topological polar surface area (TPSA) is 47.3 Å². The monoisotopic (exact) mass is 280 g/mol. The lowest BCUT2D eigenvalue weighted by Crippen LogP contribution is -2.41. The first kappa shape index (κ1) is 13.9. The zero-order valence-corrected chi connectivity index (χ0v) is 11.9. The predicted molar refractivity (Wildman–Crippen MR) is 84.5 cm³/mol. The summed E-state index contributed by atoms with van der Waals surface area (Å²) in [6, 6.07) is 20.8. The molecule has 3 nitrogen and oxygen atoms in total. The Morgan fingerprint density at radius 1 is 0.905 bits per heavy atom. The van der Waals surface area contributed by atoms with E-state index in [9.17, 15) is 0 Å². The summed E-state index contributed by atoms with van der Waals surface area (Å²) in [5.41, 5.74) is 5.40. The highest BCUT2D eigenvalue weighted by Crippen LogP contribution is 2.32. The second kappa shape index (κ2) is 6.57. The summed E-state index contributed by atoms with van der Waals surface area (Å²) in [6.07, 6.45) is 3.08. The SMILES string of the molecule is NNC(C1=CCCO1)C(c1ccccc1)c1ccccc1. The lowest BCUT2D eigenvalue weighted by Gasteiger charge is -2.28. The van der Waals surface area contributed by atoms with E-state index in [-0.39, 0.29) is 12.0 Å². The van der Waals surface area contributed by atoms with E-state index in [2.05, 4.69) is 60.0 Å². The first-order valence-electron chi connectivity index (χ1n) is 7.29. The van der Waals surface area contributed by atoms with E-state index in [0.717, 1.165) is 18.8 Å². The molecule has 108 valence electrons. The van der Waals surface area contributed by atoms with Gasteiger partial charge in [-0.25, -0.2) is 5.43 Å². The largest absolute Gasteiger partial charge is 0.496 e. The summed E-state index contributed by atoms with van der Waals surface area (Å²) < 4.78 is 5.75. The lowest BCUT2D eigenvalue weighted by atomic mass is 9.84. The molecule has 1 unspecified atom stereocenters. The van der Waals surface area contributed by atoms with E-state index < -0.39 is 0 Å². The van der Waals surface area contributed by atoms with Gasteiger partial charge in [0, 0.05) is 12.3 Å². The van der Waals surface area contributed by atoms with E-state index in [1.807, 2.05) is 12.1 Å². The smallest absolute Gasteiger partial charge is 0.111 e. The first-order chi connectivity index (χ1) is 10.4. The summed E-state index contributed by atoms with van der Waals surface area (Å²) in [7, 11) is 0. The van der Waals surface area contributed by atoms with Crippen molar-refractivity contribution in [2.45, 2.75) is 18.4 Å². The second-order valence-electron chi connectivity index (χ2n) is 5.19. The molecule has 3 heteroatoms. The van der Waals surface area contributed by atoms with E-state index in [1.165, 1.54) is 11.1 Å². The molecule has 0 saturated heterocycles. The molecule has 2 aromatic carbocycles. The molecule has 1 aliphatic rings. The second-order valence-corrected chi connectivity index (χ2v) is 5.19. The molecular formula is C18H20N2O. The van der Waals surface area contributed by atoms with Crippen molar-refractivity contribution < 1.29 is 4.74 Å². The molecule has 21 heavy (non-hydrogen) atoms. The van der Waals surface area contributed by atoms with Crippen molar-refractivity contribution >= 4 is 0 Å². The molecule has 3 N–H and O–H groups in total. The maximum Gasteiger partial charge on any atom is 0.111 e. The number of nitrogens with two attached hydrogens (primary N) is 1. The Labute approximate surface area is 125 Å². The Bertz CT molecular complexity index is 556. The standard InChI is InChI=1S/C18H20N2O/c19-20-18(16-12-7-13-21-16)17(14-8-3-1-4-9-14)15-10-5-2-6-11-15/h1-6,8-12,17-18,20H,7,13,19H2. The lowest BCUT2D eigenvalue weighted by molar-refractivity contribution is 0.209. The number of hydrogen-bond donors (Lipinski definition) is 2. The maximum atomic E-state index is 5.86. The molecule has 1 aliphatic heterocycles. The third-order valence-corrected chi connectivity index (χ3v) is 3.87. The average molecular weight is 280 g/mol. The number of hydrogen-bond acceptors (Lipinski definition) is 3. The van der Waals surface area contributed by atoms with Gasteiger partial charge in [-0.15, -0.1) is 0 Å². The molecule has 2 aromatic rings. The Kier molecular flexibility index (Phi) is 4.34. The highest BCUT2D eigenvalue weighted by atomic mass is 16.5. The molecule has 0 saturated carbocycles. The molecule has 0 aliphatic carbocycles. The average Bonchev–Trinajstić information content (AvgIpc) is 3.08. The van der Waals surface area contributed by atoms with Crippen LogP contribution in [0.25, 0.3) is 0 Å². The summed E-state index contributed by atoms with van der Waals surface area (Å²) >= 11 is 0. The zero-order chi connectivity index (χ0) is 14.5. The molecule has 0 amide bonds. The molecule has 0 spiro atoms. The van der Waals surface area contributed by atoms with Crippen molar-refractivity contribution in [3.8, 4) is 0 Å². The quantitative estimate of drug-likeness (QED) is 0.654. The summed E-state index contributed by atoms with van der Waals surface area (Å²) in [5.74, 6) is 6.92. The first-order valence-corrected chi connectivity index (χ1v) is 7.29. The van der Waals surface area contributed by atoms with Gasteiger partial charge < -0.3 is 4.74 Å². The fourth-order valence-electron chi connectivity index (χ4n) is 2.89. The van der Waals surface area contributed by atoms with Crippen molar-refractivity contribution in [1.82, 2.24) is 5.43 Å². The van der Waals surface area contributed by atoms with Crippen LogP contribution in [0.5, 0.6) is 0 Å². The minimum atomic E-state index is -0.0581. The van der Waals surface area contributed by atoms with Crippen LogP contribution in [0.1, 0.15) is 23.5 Å². The number of nitrogens with one attached hydrogen (secondary N) is 1. The van der Waals surface area contributed by atoms with Crippen molar-refractivity contribution in [3.63, 3.8) is 0 Å². The van der Waals surface area contributed by atoms with Crippen LogP contribution in [-0.4, -0.2) is 12.6 Å². The molecule has 1 heterocycles. The Morgan fingerprint density at radius 2 is 1.48 bits per heavy atom. The minimum Gasteiger partial charge on any atom is -0.496 e. The maximum absolute atomic E-state index is 5.86. The van der Waals surface area contributed by atoms with Gasteiger partial charge in [0.15, 0.2) is 0 Å². The number of benzene rings is 2. The third-order valence-electron chi connectivity index (χ3n) is 3.87. The highest BCUT2D eigenvalue weighted by Gasteiger charge is 2.29. The van der Waals surface area contributed by atoms with Crippen molar-refractivity contribution in [1.29, 1.82) is 0 Å². The number of rotatable bonds is 5. The van der Waals surface area contributed by atoms with Crippen molar-refractivity contribution in [3.05, 3.63) is 83.6 Å². The van der Waals surface area contributed by atoms with Crippen LogP contribution in [-0.2, 0) is 4.74 Å². The molecule has 0 fully saturated rings. The highest BCUT2D eigenvalue weighted by molar-refractivity contribution is 5.37. The van der Waals surface area contributed by atoms with Crippen molar-refractivity contribution in [2.75, 3.05) is 6.61 Å². The van der Waals surface area contributed by atoms with Crippen LogP contribution in [0.4, 0.5) is 0 Å². The van der Waals surface area contributed by atoms with E-state index in [1.54, 1.807) is 0 Å². The predicted octanol–water partition coefficient (Wildman–Crippen LogP) is 2.95. The van der Waals surface area contributed by atoms with Gasteiger partial charge in [-0.05, 0) is 17.2 Å². The van der Waals surface area contributed by atoms with Gasteiger partial charge in [0.1, 0.15) is 5.76 Å². The van der Waals surface area contributed by atoms with Crippen LogP contribution in [0.2, 0.25) is 0 Å². The zero-order valence-electron chi connectivity index (χ0n) is 11.9. The van der Waals surface area contributed by atoms with Gasteiger partial charge in [-0.1, -0.05) is 60.7 Å². The number of hydrazine groups is 1. The molecule has 3 rings (SSSR count). The van der Waals surface area contributed by atoms with Gasteiger partial charge >= 0.3 is 0 Å². The minimum absolute atomic E-state index is 0.0581. The third kappa shape index (κ3) is 2.99. The van der Waals surface area contributed by atoms with Gasteiger partial charge in [-0.2, -0.15) is 0 Å². The molecular weight excluding hydrogens is 260 g/mol. The fourth-order valence-corrected chi connectivity index (χ4v) is 2.89. The van der Waals surface area contributed by atoms with Gasteiger partial charge in [0.05, 0.1) is 12.6 Å². The van der Waals surface area contributed by atoms with Gasteiger partial charge in [0.25, 0.3) is 0 Å². The van der Waals surface area contributed by atoms with E-state index >= 15 is 0 Å². The van der Waals surface area contributed by atoms with Crippen LogP contribution in [0.15, 0.2) is 72.5 Å². The van der Waals surface area contributed by atoms with Gasteiger partial charge in [0.2, 0.25) is 0 Å². The summed E-state index contributed by atoms with van der Waals surface area (Å²) in [6.45, 7) is 0.740. The molecule has 1 atom stereocenters. The van der Waals surface area contributed by atoms with Crippen LogP contribution >= 0.6 is 0 Å². The van der Waals surface area contributed by atoms with Crippen LogP contribution in [0.3, 0.4) is 0 Å². The summed E-state index contributed by atoms with van der Waals surface area (Å²) in [5, 5.41) is 0. The normalized spacial score (nSPS) is 15.6. The van der Waals surface area contributed by atoms with Crippen LogP contribution in [0, 0.1) is 0 Å². The molecule has 0 radical (unpaired) electrons. The number of ether oxygens (including phenoxy) is 1. The molecule has 0 bridgehead atoms. The Balaban J connectivity index is 2.03. The Hall–Kier alpha value is -2.10.